The largest absolute Gasteiger partial charge is 0.497 e. The number of nitrogens with zero attached hydrogens (tertiary/aromatic N) is 2. The van der Waals surface area contributed by atoms with E-state index in [1.807, 2.05) is 12.1 Å². The molecule has 0 spiro atoms. The van der Waals surface area contributed by atoms with E-state index in [-0.39, 0.29) is 18.2 Å². The molecule has 142 valence electrons. The number of fused-ring (bicyclic) bond motifs is 3. The molecule has 2 aliphatic heterocycles. The normalized spacial score (nSPS) is 20.0. The highest BCUT2D eigenvalue weighted by Crippen LogP contribution is 2.33. The molecule has 2 aromatic carbocycles. The van der Waals surface area contributed by atoms with Gasteiger partial charge in [-0.15, -0.1) is 0 Å². The molecule has 6 heteroatoms. The second-order valence-electron chi connectivity index (χ2n) is 7.34. The number of para-hydroxylation sites is 1. The Kier molecular flexibility index (Phi) is 3.94. The number of carbonyl (C=O) groups is 2. The van der Waals surface area contributed by atoms with Gasteiger partial charge < -0.3 is 9.72 Å². The number of rotatable bonds is 3. The molecule has 0 unspecified atom stereocenters. The van der Waals surface area contributed by atoms with E-state index in [2.05, 4.69) is 22.0 Å². The van der Waals surface area contributed by atoms with E-state index in [1.54, 1.807) is 31.4 Å². The maximum Gasteiger partial charge on any atom is 0.251 e. The van der Waals surface area contributed by atoms with Gasteiger partial charge in [-0.3, -0.25) is 14.5 Å². The van der Waals surface area contributed by atoms with Gasteiger partial charge in [0, 0.05) is 42.2 Å². The fraction of sp³-hybridized carbons (Fsp3) is 0.273. The van der Waals surface area contributed by atoms with Crippen LogP contribution in [0.1, 0.15) is 17.7 Å². The Labute approximate surface area is 162 Å². The van der Waals surface area contributed by atoms with Gasteiger partial charge in [-0.2, -0.15) is 0 Å². The quantitative estimate of drug-likeness (QED) is 0.715. The van der Waals surface area contributed by atoms with E-state index in [1.165, 1.54) is 21.5 Å². The molecule has 1 N–H and O–H groups in total. The minimum Gasteiger partial charge on any atom is -0.497 e. The second-order valence-corrected chi connectivity index (χ2v) is 7.34. The maximum atomic E-state index is 13.1. The van der Waals surface area contributed by atoms with Crippen LogP contribution in [0.25, 0.3) is 10.9 Å². The van der Waals surface area contributed by atoms with Crippen molar-refractivity contribution in [2.75, 3.05) is 18.6 Å². The molecule has 1 fully saturated rings. The van der Waals surface area contributed by atoms with Gasteiger partial charge in [0.25, 0.3) is 5.91 Å². The first-order valence-corrected chi connectivity index (χ1v) is 9.49. The van der Waals surface area contributed by atoms with Gasteiger partial charge in [0.2, 0.25) is 5.91 Å². The van der Waals surface area contributed by atoms with Gasteiger partial charge in [0.05, 0.1) is 25.3 Å². The molecule has 6 nitrogen and oxygen atoms in total. The highest BCUT2D eigenvalue weighted by atomic mass is 16.5. The molecule has 2 aliphatic rings. The van der Waals surface area contributed by atoms with Crippen LogP contribution in [0.3, 0.4) is 0 Å². The monoisotopic (exact) mass is 375 g/mol. The van der Waals surface area contributed by atoms with Gasteiger partial charge in [-0.25, -0.2) is 4.90 Å². The van der Waals surface area contributed by atoms with Crippen LogP contribution < -0.4 is 9.64 Å². The van der Waals surface area contributed by atoms with Crippen molar-refractivity contribution in [2.45, 2.75) is 25.4 Å². The smallest absolute Gasteiger partial charge is 0.251 e. The zero-order valence-electron chi connectivity index (χ0n) is 15.6. The van der Waals surface area contributed by atoms with Gasteiger partial charge in [-0.1, -0.05) is 24.3 Å². The molecule has 1 aromatic heterocycles. The number of methoxy groups -OCH3 is 1. The third kappa shape index (κ3) is 2.60. The van der Waals surface area contributed by atoms with E-state index in [0.29, 0.717) is 18.0 Å². The Morgan fingerprint density at radius 3 is 2.82 bits per heavy atom. The summed E-state index contributed by atoms with van der Waals surface area (Å²) in [5, 5.41) is 1.20. The summed E-state index contributed by atoms with van der Waals surface area (Å²) in [5.74, 6) is 0.317. The topological polar surface area (TPSA) is 65.6 Å². The number of anilines is 1. The van der Waals surface area contributed by atoms with Crippen LogP contribution in [0.5, 0.6) is 5.75 Å². The van der Waals surface area contributed by atoms with Crippen molar-refractivity contribution in [3.63, 3.8) is 0 Å². The van der Waals surface area contributed by atoms with E-state index < -0.39 is 6.04 Å². The predicted molar refractivity (Wildman–Crippen MR) is 106 cm³/mol. The number of carbonyl (C=O) groups excluding carboxylic acids is 2. The van der Waals surface area contributed by atoms with Crippen molar-refractivity contribution in [2.24, 2.45) is 0 Å². The summed E-state index contributed by atoms with van der Waals surface area (Å²) in [6, 6.07) is 14.9. The summed E-state index contributed by atoms with van der Waals surface area (Å²) in [5.41, 5.74) is 4.17. The molecule has 5 rings (SSSR count). The fourth-order valence-electron chi connectivity index (χ4n) is 4.38. The first-order chi connectivity index (χ1) is 13.7. The average molecular weight is 375 g/mol. The third-order valence-corrected chi connectivity index (χ3v) is 5.79. The van der Waals surface area contributed by atoms with Crippen molar-refractivity contribution in [3.05, 3.63) is 59.8 Å². The van der Waals surface area contributed by atoms with E-state index in [9.17, 15) is 9.59 Å². The van der Waals surface area contributed by atoms with E-state index in [4.69, 9.17) is 4.74 Å². The minimum atomic E-state index is -0.416. The Hall–Kier alpha value is -3.12. The van der Waals surface area contributed by atoms with Crippen LogP contribution in [0.4, 0.5) is 5.69 Å². The summed E-state index contributed by atoms with van der Waals surface area (Å²) in [4.78, 5) is 32.8. The van der Waals surface area contributed by atoms with Gasteiger partial charge >= 0.3 is 0 Å². The number of amides is 2. The van der Waals surface area contributed by atoms with E-state index in [0.717, 1.165) is 18.5 Å². The van der Waals surface area contributed by atoms with E-state index >= 15 is 0 Å². The van der Waals surface area contributed by atoms with Crippen molar-refractivity contribution in [1.29, 1.82) is 0 Å². The van der Waals surface area contributed by atoms with Crippen molar-refractivity contribution >= 4 is 28.4 Å². The number of aromatic nitrogens is 1. The maximum absolute atomic E-state index is 13.1. The second kappa shape index (κ2) is 6.49. The lowest BCUT2D eigenvalue weighted by atomic mass is 10.0. The molecule has 0 saturated carbocycles. The minimum absolute atomic E-state index is 0.151. The SMILES string of the molecule is COc1cccc(N2C(=O)C[C@H](N3CCc4[nH]c5ccccc5c4C3)C2=O)c1. The van der Waals surface area contributed by atoms with Gasteiger partial charge in [-0.05, 0) is 23.8 Å². The zero-order valence-corrected chi connectivity index (χ0v) is 15.6. The molecule has 2 amide bonds. The number of hydrogen-bond acceptors (Lipinski definition) is 4. The summed E-state index contributed by atoms with van der Waals surface area (Å²) < 4.78 is 5.24. The molecule has 0 aliphatic carbocycles. The molecular formula is C22H21N3O3. The Morgan fingerprint density at radius 1 is 1.11 bits per heavy atom. The van der Waals surface area contributed by atoms with Crippen LogP contribution >= 0.6 is 0 Å². The van der Waals surface area contributed by atoms with Gasteiger partial charge in [0.1, 0.15) is 5.75 Å². The average Bonchev–Trinajstić information content (AvgIpc) is 3.24. The number of hydrogen-bond donors (Lipinski definition) is 1. The first-order valence-electron chi connectivity index (χ1n) is 9.49. The number of nitrogens with one attached hydrogen (secondary N) is 1. The lowest BCUT2D eigenvalue weighted by molar-refractivity contribution is -0.123. The predicted octanol–water partition coefficient (Wildman–Crippen LogP) is 2.87. The summed E-state index contributed by atoms with van der Waals surface area (Å²) >= 11 is 0. The molecule has 1 atom stereocenters. The van der Waals surface area contributed by atoms with Crippen molar-refractivity contribution < 1.29 is 14.3 Å². The molecule has 28 heavy (non-hydrogen) atoms. The highest BCUT2D eigenvalue weighted by Gasteiger charge is 2.43. The number of H-pyrrole nitrogens is 1. The van der Waals surface area contributed by atoms with Crippen LogP contribution in [0, 0.1) is 0 Å². The Morgan fingerprint density at radius 2 is 1.96 bits per heavy atom. The van der Waals surface area contributed by atoms with Crippen molar-refractivity contribution in [3.8, 4) is 5.75 Å². The summed E-state index contributed by atoms with van der Waals surface area (Å²) in [6.07, 6.45) is 1.06. The summed E-state index contributed by atoms with van der Waals surface area (Å²) in [7, 11) is 1.57. The lowest BCUT2D eigenvalue weighted by Crippen LogP contribution is -2.44. The molecule has 3 aromatic rings. The summed E-state index contributed by atoms with van der Waals surface area (Å²) in [6.45, 7) is 1.43. The zero-order chi connectivity index (χ0) is 19.3. The molecule has 0 radical (unpaired) electrons. The molecular weight excluding hydrogens is 354 g/mol. The third-order valence-electron chi connectivity index (χ3n) is 5.79. The standard InChI is InChI=1S/C22H21N3O3/c1-28-15-6-4-5-14(11-15)25-21(26)12-20(22(25)27)24-10-9-19-17(13-24)16-7-2-3-8-18(16)23-19/h2-8,11,20,23H,9-10,12-13H2,1H3/t20-/m0/s1. The molecule has 0 bridgehead atoms. The highest BCUT2D eigenvalue weighted by molar-refractivity contribution is 6.22. The van der Waals surface area contributed by atoms with Crippen LogP contribution in [-0.4, -0.2) is 41.4 Å². The Balaban J connectivity index is 1.43. The fourth-order valence-corrected chi connectivity index (χ4v) is 4.38. The van der Waals surface area contributed by atoms with Crippen LogP contribution in [0.15, 0.2) is 48.5 Å². The number of imide groups is 1. The van der Waals surface area contributed by atoms with Crippen LogP contribution in [0.2, 0.25) is 0 Å². The number of aromatic amines is 1. The Bertz CT molecular complexity index is 1090. The lowest BCUT2D eigenvalue weighted by Gasteiger charge is -2.31. The van der Waals surface area contributed by atoms with Crippen LogP contribution in [-0.2, 0) is 22.6 Å². The number of benzene rings is 2. The molecule has 3 heterocycles. The van der Waals surface area contributed by atoms with Gasteiger partial charge in [0.15, 0.2) is 0 Å². The molecule has 1 saturated heterocycles. The van der Waals surface area contributed by atoms with Crippen molar-refractivity contribution in [1.82, 2.24) is 9.88 Å². The number of ether oxygens (including phenoxy) is 1. The first kappa shape index (κ1) is 17.0.